The van der Waals surface area contributed by atoms with Crippen LogP contribution in [0, 0.1) is 12.3 Å². The first kappa shape index (κ1) is 16.9. The molecule has 1 amide bonds. The zero-order valence-electron chi connectivity index (χ0n) is 13.9. The lowest BCUT2D eigenvalue weighted by Crippen LogP contribution is -2.36. The molecule has 0 spiro atoms. The van der Waals surface area contributed by atoms with Gasteiger partial charge in [-0.2, -0.15) is 4.98 Å². The van der Waals surface area contributed by atoms with Crippen molar-refractivity contribution in [3.05, 3.63) is 11.8 Å². The fourth-order valence-corrected chi connectivity index (χ4v) is 2.24. The van der Waals surface area contributed by atoms with Crippen molar-refractivity contribution in [3.63, 3.8) is 0 Å². The Labute approximate surface area is 136 Å². The molecule has 1 fully saturated rings. The number of rotatable bonds is 3. The smallest absolute Gasteiger partial charge is 0.410 e. The molecule has 1 aromatic rings. The summed E-state index contributed by atoms with van der Waals surface area (Å²) in [6.45, 7) is 6.72. The number of anilines is 1. The zero-order chi connectivity index (χ0) is 17.0. The number of carbonyl (C=O) groups excluding carboxylic acids is 1. The Morgan fingerprint density at radius 2 is 2.26 bits per heavy atom. The fraction of sp³-hybridized carbons (Fsp3) is 0.562. The van der Waals surface area contributed by atoms with Crippen LogP contribution in [0.1, 0.15) is 32.8 Å². The van der Waals surface area contributed by atoms with Gasteiger partial charge in [0.1, 0.15) is 11.2 Å². The highest BCUT2D eigenvalue weighted by atomic mass is 16.6. The Hall–Kier alpha value is -2.49. The molecular formula is C16H22N4O3. The number of hydrogen-bond donors (Lipinski definition) is 1. The van der Waals surface area contributed by atoms with E-state index in [1.807, 2.05) is 20.8 Å². The summed E-state index contributed by atoms with van der Waals surface area (Å²) >= 11 is 0. The number of likely N-dealkylation sites (tertiary alicyclic amines) is 1. The predicted molar refractivity (Wildman–Crippen MR) is 86.4 cm³/mol. The van der Waals surface area contributed by atoms with Crippen molar-refractivity contribution in [1.29, 1.82) is 0 Å². The Kier molecular flexibility index (Phi) is 4.94. The molecule has 0 saturated carbocycles. The maximum atomic E-state index is 12.0. The van der Waals surface area contributed by atoms with E-state index in [1.165, 1.54) is 13.3 Å². The minimum absolute atomic E-state index is 0.0592. The minimum Gasteiger partial charge on any atom is -0.480 e. The average molecular weight is 318 g/mol. The summed E-state index contributed by atoms with van der Waals surface area (Å²) in [5, 5.41) is 3.19. The first-order valence-electron chi connectivity index (χ1n) is 7.44. The largest absolute Gasteiger partial charge is 0.480 e. The van der Waals surface area contributed by atoms with Crippen molar-refractivity contribution >= 4 is 12.0 Å². The highest BCUT2D eigenvalue weighted by Gasteiger charge is 2.30. The molecule has 7 nitrogen and oxygen atoms in total. The van der Waals surface area contributed by atoms with E-state index in [0.29, 0.717) is 30.5 Å². The number of terminal acetylenes is 1. The maximum Gasteiger partial charge on any atom is 0.410 e. The van der Waals surface area contributed by atoms with Crippen molar-refractivity contribution in [1.82, 2.24) is 14.9 Å². The highest BCUT2D eigenvalue weighted by Crippen LogP contribution is 2.19. The molecule has 23 heavy (non-hydrogen) atoms. The Morgan fingerprint density at radius 3 is 2.87 bits per heavy atom. The molecule has 7 heteroatoms. The van der Waals surface area contributed by atoms with Gasteiger partial charge in [-0.3, -0.25) is 0 Å². The SMILES string of the molecule is C#Cc1cnc(N[C@@H]2CCN(C(=O)OC(C)(C)C)C2)nc1OC. The molecule has 0 aliphatic carbocycles. The van der Waals surface area contributed by atoms with Crippen LogP contribution in [0.2, 0.25) is 0 Å². The van der Waals surface area contributed by atoms with E-state index in [0.717, 1.165) is 6.42 Å². The van der Waals surface area contributed by atoms with E-state index in [-0.39, 0.29) is 12.1 Å². The van der Waals surface area contributed by atoms with E-state index in [1.54, 1.807) is 4.90 Å². The van der Waals surface area contributed by atoms with Gasteiger partial charge in [0.15, 0.2) is 0 Å². The normalized spacial score (nSPS) is 17.5. The van der Waals surface area contributed by atoms with E-state index in [9.17, 15) is 4.79 Å². The van der Waals surface area contributed by atoms with Crippen LogP contribution in [0.3, 0.4) is 0 Å². The lowest BCUT2D eigenvalue weighted by molar-refractivity contribution is 0.0293. The molecule has 1 aromatic heterocycles. The van der Waals surface area contributed by atoms with E-state index < -0.39 is 5.60 Å². The number of amides is 1. The minimum atomic E-state index is -0.496. The number of hydrogen-bond acceptors (Lipinski definition) is 6. The van der Waals surface area contributed by atoms with Crippen molar-refractivity contribution in [2.75, 3.05) is 25.5 Å². The van der Waals surface area contributed by atoms with E-state index >= 15 is 0 Å². The monoisotopic (exact) mass is 318 g/mol. The van der Waals surface area contributed by atoms with Gasteiger partial charge in [-0.05, 0) is 27.2 Å². The predicted octanol–water partition coefficient (Wildman–Crippen LogP) is 1.89. The van der Waals surface area contributed by atoms with Crippen LogP contribution in [0.25, 0.3) is 0 Å². The van der Waals surface area contributed by atoms with Crippen molar-refractivity contribution < 1.29 is 14.3 Å². The third-order valence-electron chi connectivity index (χ3n) is 3.28. The van der Waals surface area contributed by atoms with Gasteiger partial charge in [0, 0.05) is 19.1 Å². The summed E-state index contributed by atoms with van der Waals surface area (Å²) in [5.41, 5.74) is 0.00396. The van der Waals surface area contributed by atoms with Crippen molar-refractivity contribution in [2.45, 2.75) is 38.8 Å². The quantitative estimate of drug-likeness (QED) is 0.858. The summed E-state index contributed by atoms with van der Waals surface area (Å²) in [6.07, 6.45) is 7.38. The summed E-state index contributed by atoms with van der Waals surface area (Å²) in [7, 11) is 1.51. The van der Waals surface area contributed by atoms with Gasteiger partial charge >= 0.3 is 6.09 Å². The highest BCUT2D eigenvalue weighted by molar-refractivity contribution is 5.68. The fourth-order valence-electron chi connectivity index (χ4n) is 2.24. The lowest BCUT2D eigenvalue weighted by Gasteiger charge is -2.24. The van der Waals surface area contributed by atoms with E-state index in [4.69, 9.17) is 15.9 Å². The summed E-state index contributed by atoms with van der Waals surface area (Å²) in [4.78, 5) is 22.1. The van der Waals surface area contributed by atoms with Crippen molar-refractivity contribution in [3.8, 4) is 18.2 Å². The molecule has 0 aromatic carbocycles. The topological polar surface area (TPSA) is 76.6 Å². The lowest BCUT2D eigenvalue weighted by atomic mass is 10.2. The number of aromatic nitrogens is 2. The van der Waals surface area contributed by atoms with Gasteiger partial charge in [-0.25, -0.2) is 9.78 Å². The van der Waals surface area contributed by atoms with Crippen LogP contribution < -0.4 is 10.1 Å². The summed E-state index contributed by atoms with van der Waals surface area (Å²) in [5.74, 6) is 3.25. The second-order valence-corrected chi connectivity index (χ2v) is 6.32. The Bertz CT molecular complexity index is 619. The summed E-state index contributed by atoms with van der Waals surface area (Å²) in [6, 6.07) is 0.0592. The number of ether oxygens (including phenoxy) is 2. The molecular weight excluding hydrogens is 296 g/mol. The van der Waals surface area contributed by atoms with Gasteiger partial charge in [0.2, 0.25) is 11.8 Å². The van der Waals surface area contributed by atoms with E-state index in [2.05, 4.69) is 21.2 Å². The standard InChI is InChI=1S/C16H22N4O3/c1-6-11-9-17-14(19-13(11)22-5)18-12-7-8-20(10-12)15(21)23-16(2,3)4/h1,9,12H,7-8,10H2,2-5H3,(H,17,18,19)/t12-/m1/s1. The van der Waals surface area contributed by atoms with Crippen LogP contribution in [0.15, 0.2) is 6.20 Å². The first-order valence-corrected chi connectivity index (χ1v) is 7.44. The van der Waals surface area contributed by atoms with Crippen LogP contribution in [0.5, 0.6) is 5.88 Å². The van der Waals surface area contributed by atoms with Gasteiger partial charge in [0.25, 0.3) is 0 Å². The number of nitrogens with zero attached hydrogens (tertiary/aromatic N) is 3. The van der Waals surface area contributed by atoms with Gasteiger partial charge in [-0.15, -0.1) is 6.42 Å². The number of nitrogens with one attached hydrogen (secondary N) is 1. The molecule has 0 radical (unpaired) electrons. The number of carbonyl (C=O) groups is 1. The molecule has 0 bridgehead atoms. The van der Waals surface area contributed by atoms with Gasteiger partial charge < -0.3 is 19.7 Å². The Morgan fingerprint density at radius 1 is 1.52 bits per heavy atom. The van der Waals surface area contributed by atoms with Crippen LogP contribution in [0.4, 0.5) is 10.7 Å². The molecule has 1 saturated heterocycles. The molecule has 0 unspecified atom stereocenters. The van der Waals surface area contributed by atoms with Crippen molar-refractivity contribution in [2.24, 2.45) is 0 Å². The second-order valence-electron chi connectivity index (χ2n) is 6.32. The van der Waals surface area contributed by atoms with Crippen LogP contribution >= 0.6 is 0 Å². The molecule has 1 N–H and O–H groups in total. The third kappa shape index (κ3) is 4.49. The molecule has 2 rings (SSSR count). The molecule has 1 aliphatic rings. The maximum absolute atomic E-state index is 12.0. The van der Waals surface area contributed by atoms with Crippen LogP contribution in [-0.4, -0.2) is 52.8 Å². The summed E-state index contributed by atoms with van der Waals surface area (Å²) < 4.78 is 10.5. The third-order valence-corrected chi connectivity index (χ3v) is 3.28. The van der Waals surface area contributed by atoms with Gasteiger partial charge in [-0.1, -0.05) is 5.92 Å². The molecule has 2 heterocycles. The molecule has 124 valence electrons. The van der Waals surface area contributed by atoms with Gasteiger partial charge in [0.05, 0.1) is 13.3 Å². The Balaban J connectivity index is 1.96. The average Bonchev–Trinajstić information content (AvgIpc) is 2.94. The second kappa shape index (κ2) is 6.73. The first-order chi connectivity index (χ1) is 10.8. The van der Waals surface area contributed by atoms with Crippen LogP contribution in [-0.2, 0) is 4.74 Å². The number of methoxy groups -OCH3 is 1. The molecule has 1 aliphatic heterocycles. The molecule has 1 atom stereocenters. The zero-order valence-corrected chi connectivity index (χ0v) is 13.9.